The summed E-state index contributed by atoms with van der Waals surface area (Å²) in [6.45, 7) is 16.8. The maximum atomic E-state index is 12.6. The number of ketones is 1. The Morgan fingerprint density at radius 1 is 0.973 bits per heavy atom. The molecule has 1 aliphatic rings. The number of rotatable bonds is 15. The van der Waals surface area contributed by atoms with E-state index in [0.717, 1.165) is 13.1 Å². The standard InChI is InChI=1S/C28H50N2O7/c1-22(32)35-19-9-14-29-15-17-30(18-16-29)25(34)11-8-10-23(33)12-13-26(37-28(5,6)7)36-24(21-31)20-27(2,3)4/h9,19,24,26,31H,8,10-18,20-21H2,1-7H3/b19-9+. The van der Waals surface area contributed by atoms with Crippen molar-refractivity contribution in [3.05, 3.63) is 12.3 Å². The molecule has 0 spiro atoms. The molecule has 0 aromatic carbocycles. The summed E-state index contributed by atoms with van der Waals surface area (Å²) in [6, 6.07) is 0. The second-order valence-corrected chi connectivity index (χ2v) is 12.0. The molecule has 1 N–H and O–H groups in total. The number of amides is 1. The molecule has 1 saturated heterocycles. The first kappa shape index (κ1) is 33.2. The molecule has 2 unspecified atom stereocenters. The van der Waals surface area contributed by atoms with Gasteiger partial charge in [-0.2, -0.15) is 0 Å². The molecule has 0 aliphatic carbocycles. The Bertz CT molecular complexity index is 732. The van der Waals surface area contributed by atoms with Gasteiger partial charge in [0.1, 0.15) is 5.78 Å². The van der Waals surface area contributed by atoms with Gasteiger partial charge >= 0.3 is 5.97 Å². The number of carbonyl (C=O) groups is 3. The number of nitrogens with zero attached hydrogens (tertiary/aromatic N) is 2. The first-order chi connectivity index (χ1) is 17.2. The highest BCUT2D eigenvalue weighted by molar-refractivity contribution is 5.80. The molecule has 1 rings (SSSR count). The summed E-state index contributed by atoms with van der Waals surface area (Å²) in [5.74, 6) is -0.184. The summed E-state index contributed by atoms with van der Waals surface area (Å²) in [5.41, 5.74) is -0.443. The molecule has 0 radical (unpaired) electrons. The second-order valence-electron chi connectivity index (χ2n) is 12.0. The zero-order valence-corrected chi connectivity index (χ0v) is 24.1. The Hall–Kier alpha value is -1.81. The molecule has 1 fully saturated rings. The van der Waals surface area contributed by atoms with Gasteiger partial charge < -0.3 is 24.2 Å². The van der Waals surface area contributed by atoms with Gasteiger partial charge in [0.2, 0.25) is 5.91 Å². The van der Waals surface area contributed by atoms with E-state index in [0.29, 0.717) is 58.2 Å². The van der Waals surface area contributed by atoms with Gasteiger partial charge in [-0.3, -0.25) is 19.3 Å². The van der Waals surface area contributed by atoms with E-state index < -0.39 is 11.9 Å². The number of ether oxygens (including phenoxy) is 3. The minimum Gasteiger partial charge on any atom is -0.435 e. The van der Waals surface area contributed by atoms with Crippen LogP contribution in [-0.4, -0.2) is 89.9 Å². The molecular weight excluding hydrogens is 476 g/mol. The van der Waals surface area contributed by atoms with Crippen LogP contribution < -0.4 is 0 Å². The van der Waals surface area contributed by atoms with Gasteiger partial charge in [-0.25, -0.2) is 0 Å². The topological polar surface area (TPSA) is 106 Å². The van der Waals surface area contributed by atoms with Crippen molar-refractivity contribution in [2.24, 2.45) is 5.41 Å². The van der Waals surface area contributed by atoms with Crippen molar-refractivity contribution in [1.29, 1.82) is 0 Å². The predicted octanol–water partition coefficient (Wildman–Crippen LogP) is 3.68. The summed E-state index contributed by atoms with van der Waals surface area (Å²) >= 11 is 0. The molecule has 0 bridgehead atoms. The van der Waals surface area contributed by atoms with Crippen molar-refractivity contribution in [3.8, 4) is 0 Å². The van der Waals surface area contributed by atoms with Gasteiger partial charge in [-0.15, -0.1) is 0 Å². The van der Waals surface area contributed by atoms with Crippen LogP contribution >= 0.6 is 0 Å². The number of carbonyl (C=O) groups excluding carboxylic acids is 3. The summed E-state index contributed by atoms with van der Waals surface area (Å²) in [7, 11) is 0. The zero-order chi connectivity index (χ0) is 28.1. The van der Waals surface area contributed by atoms with E-state index in [4.69, 9.17) is 14.2 Å². The Labute approximate surface area is 223 Å². The third kappa shape index (κ3) is 16.6. The highest BCUT2D eigenvalue weighted by Gasteiger charge is 2.26. The first-order valence-electron chi connectivity index (χ1n) is 13.5. The number of piperazine rings is 1. The van der Waals surface area contributed by atoms with Crippen LogP contribution in [0.1, 0.15) is 87.0 Å². The third-order valence-corrected chi connectivity index (χ3v) is 5.80. The zero-order valence-electron chi connectivity index (χ0n) is 24.1. The molecule has 1 heterocycles. The Morgan fingerprint density at radius 3 is 2.16 bits per heavy atom. The lowest BCUT2D eigenvalue weighted by molar-refractivity contribution is -0.226. The normalized spacial score (nSPS) is 17.1. The molecule has 37 heavy (non-hydrogen) atoms. The van der Waals surface area contributed by atoms with Gasteiger partial charge in [0.25, 0.3) is 0 Å². The maximum absolute atomic E-state index is 12.6. The Balaban J connectivity index is 2.38. The number of esters is 1. The smallest absolute Gasteiger partial charge is 0.307 e. The minimum atomic E-state index is -0.578. The lowest BCUT2D eigenvalue weighted by Crippen LogP contribution is -2.48. The molecule has 1 amide bonds. The fraction of sp³-hybridized carbons (Fsp3) is 0.821. The molecular formula is C28H50N2O7. The van der Waals surface area contributed by atoms with Crippen LogP contribution in [-0.2, 0) is 28.6 Å². The second kappa shape index (κ2) is 16.2. The van der Waals surface area contributed by atoms with Crippen LogP contribution in [0.4, 0.5) is 0 Å². The van der Waals surface area contributed by atoms with Crippen molar-refractivity contribution in [1.82, 2.24) is 9.80 Å². The van der Waals surface area contributed by atoms with Crippen LogP contribution in [0.25, 0.3) is 0 Å². The van der Waals surface area contributed by atoms with E-state index in [1.807, 2.05) is 25.7 Å². The first-order valence-corrected chi connectivity index (χ1v) is 13.5. The molecule has 9 nitrogen and oxygen atoms in total. The van der Waals surface area contributed by atoms with E-state index in [2.05, 4.69) is 25.7 Å². The van der Waals surface area contributed by atoms with Crippen molar-refractivity contribution < 1.29 is 33.7 Å². The third-order valence-electron chi connectivity index (χ3n) is 5.80. The fourth-order valence-corrected chi connectivity index (χ4v) is 4.12. The van der Waals surface area contributed by atoms with Crippen LogP contribution in [0.3, 0.4) is 0 Å². The molecule has 1 aliphatic heterocycles. The van der Waals surface area contributed by atoms with Crippen molar-refractivity contribution >= 4 is 17.7 Å². The number of Topliss-reactive ketones (excluding diaryl/α,β-unsaturated/α-hetero) is 1. The molecule has 2 atom stereocenters. The average molecular weight is 527 g/mol. The maximum Gasteiger partial charge on any atom is 0.307 e. The summed E-state index contributed by atoms with van der Waals surface area (Å²) in [6.07, 6.45) is 4.89. The molecule has 0 aromatic rings. The average Bonchev–Trinajstić information content (AvgIpc) is 2.78. The van der Waals surface area contributed by atoms with E-state index in [1.54, 1.807) is 6.08 Å². The number of hydrogen-bond donors (Lipinski definition) is 1. The minimum absolute atomic E-state index is 0.00301. The Kier molecular flexibility index (Phi) is 14.6. The summed E-state index contributed by atoms with van der Waals surface area (Å²) in [4.78, 5) is 39.9. The SMILES string of the molecule is CC(=O)O/C=C/CN1CCN(C(=O)CCCC(=O)CCC(OC(CO)CC(C)(C)C)OC(C)(C)C)CC1. The van der Waals surface area contributed by atoms with Gasteiger partial charge in [-0.05, 0) is 45.1 Å². The number of aliphatic hydroxyl groups excluding tert-OH is 1. The number of hydrogen-bond acceptors (Lipinski definition) is 8. The van der Waals surface area contributed by atoms with Crippen molar-refractivity contribution in [2.75, 3.05) is 39.3 Å². The van der Waals surface area contributed by atoms with Crippen LogP contribution in [0.2, 0.25) is 0 Å². The number of aliphatic hydroxyl groups is 1. The quantitative estimate of drug-likeness (QED) is 0.196. The van der Waals surface area contributed by atoms with Crippen molar-refractivity contribution in [3.63, 3.8) is 0 Å². The predicted molar refractivity (Wildman–Crippen MR) is 143 cm³/mol. The highest BCUT2D eigenvalue weighted by Crippen LogP contribution is 2.25. The summed E-state index contributed by atoms with van der Waals surface area (Å²) in [5, 5.41) is 9.77. The largest absolute Gasteiger partial charge is 0.435 e. The lowest BCUT2D eigenvalue weighted by atomic mass is 9.89. The highest BCUT2D eigenvalue weighted by atomic mass is 16.7. The lowest BCUT2D eigenvalue weighted by Gasteiger charge is -2.34. The van der Waals surface area contributed by atoms with Gasteiger partial charge in [0, 0.05) is 65.3 Å². The summed E-state index contributed by atoms with van der Waals surface area (Å²) < 4.78 is 16.9. The van der Waals surface area contributed by atoms with Gasteiger partial charge in [0.15, 0.2) is 6.29 Å². The van der Waals surface area contributed by atoms with Crippen LogP contribution in [0, 0.1) is 5.41 Å². The fourth-order valence-electron chi connectivity index (χ4n) is 4.12. The van der Waals surface area contributed by atoms with Crippen molar-refractivity contribution in [2.45, 2.75) is 105 Å². The van der Waals surface area contributed by atoms with Gasteiger partial charge in [0.05, 0.1) is 24.6 Å². The van der Waals surface area contributed by atoms with Crippen LogP contribution in [0.15, 0.2) is 12.3 Å². The molecule has 214 valence electrons. The monoisotopic (exact) mass is 526 g/mol. The van der Waals surface area contributed by atoms with Crippen LogP contribution in [0.5, 0.6) is 0 Å². The molecule has 9 heteroatoms. The van der Waals surface area contributed by atoms with E-state index >= 15 is 0 Å². The molecule has 0 aromatic heterocycles. The van der Waals surface area contributed by atoms with E-state index in [1.165, 1.54) is 13.2 Å². The molecule has 0 saturated carbocycles. The Morgan fingerprint density at radius 2 is 1.62 bits per heavy atom. The van der Waals surface area contributed by atoms with E-state index in [-0.39, 0.29) is 35.8 Å². The van der Waals surface area contributed by atoms with E-state index in [9.17, 15) is 19.5 Å². The van der Waals surface area contributed by atoms with Gasteiger partial charge in [-0.1, -0.05) is 20.8 Å².